The van der Waals surface area contributed by atoms with Gasteiger partial charge in [0.25, 0.3) is 0 Å². The molecule has 0 aliphatic heterocycles. The fourth-order valence-corrected chi connectivity index (χ4v) is 3.19. The van der Waals surface area contributed by atoms with Crippen molar-refractivity contribution in [3.63, 3.8) is 0 Å². The average Bonchev–Trinajstić information content (AvgIpc) is 3.28. The molecule has 0 radical (unpaired) electrons. The Bertz CT molecular complexity index is 570. The van der Waals surface area contributed by atoms with Gasteiger partial charge >= 0.3 is 0 Å². The molecule has 2 aromatic rings. The first-order valence-corrected chi connectivity index (χ1v) is 7.42. The fraction of sp³-hybridized carbons (Fsp3) is 0.294. The van der Waals surface area contributed by atoms with Crippen LogP contribution in [-0.4, -0.2) is 6.04 Å². The van der Waals surface area contributed by atoms with Crippen molar-refractivity contribution in [2.45, 2.75) is 24.8 Å². The molecule has 1 saturated carbocycles. The van der Waals surface area contributed by atoms with Crippen molar-refractivity contribution in [3.05, 3.63) is 70.7 Å². The van der Waals surface area contributed by atoms with Gasteiger partial charge in [-0.2, -0.15) is 0 Å². The first-order chi connectivity index (χ1) is 9.79. The quantitative estimate of drug-likeness (QED) is 0.652. The summed E-state index contributed by atoms with van der Waals surface area (Å²) >= 11 is 6.24. The largest absolute Gasteiger partial charge is 0.271 e. The van der Waals surface area contributed by atoms with Crippen LogP contribution in [0.25, 0.3) is 0 Å². The molecule has 3 rings (SSSR count). The van der Waals surface area contributed by atoms with Gasteiger partial charge in [0.1, 0.15) is 0 Å². The predicted octanol–water partition coefficient (Wildman–Crippen LogP) is 3.52. The number of rotatable bonds is 5. The summed E-state index contributed by atoms with van der Waals surface area (Å²) < 4.78 is 0. The molecule has 3 N–H and O–H groups in total. The first kappa shape index (κ1) is 13.6. The van der Waals surface area contributed by atoms with Gasteiger partial charge in [0, 0.05) is 11.1 Å². The van der Waals surface area contributed by atoms with Crippen molar-refractivity contribution in [1.82, 2.24) is 5.43 Å². The maximum atomic E-state index is 6.24. The van der Waals surface area contributed by atoms with E-state index < -0.39 is 0 Å². The third kappa shape index (κ3) is 2.88. The van der Waals surface area contributed by atoms with E-state index in [4.69, 9.17) is 17.4 Å². The normalized spacial score (nSPS) is 22.5. The van der Waals surface area contributed by atoms with Crippen LogP contribution in [0.5, 0.6) is 0 Å². The van der Waals surface area contributed by atoms with E-state index in [9.17, 15) is 0 Å². The number of hydrazine groups is 1. The second-order valence-electron chi connectivity index (χ2n) is 5.49. The van der Waals surface area contributed by atoms with E-state index in [0.29, 0.717) is 11.8 Å². The zero-order chi connectivity index (χ0) is 13.9. The molecule has 2 aromatic carbocycles. The lowest BCUT2D eigenvalue weighted by Crippen LogP contribution is -2.39. The number of hydrogen-bond acceptors (Lipinski definition) is 2. The average molecular weight is 287 g/mol. The van der Waals surface area contributed by atoms with Gasteiger partial charge < -0.3 is 0 Å². The highest BCUT2D eigenvalue weighted by atomic mass is 35.5. The molecule has 0 amide bonds. The van der Waals surface area contributed by atoms with E-state index >= 15 is 0 Å². The standard InChI is InChI=1S/C17H19ClN2/c18-16-9-5-4-8-13(16)10-17(20-19)15-11-14(15)12-6-2-1-3-7-12/h1-9,14-15,17,20H,10-11,19H2. The number of nitrogens with two attached hydrogens (primary N) is 1. The Morgan fingerprint density at radius 1 is 1.10 bits per heavy atom. The Hall–Kier alpha value is -1.35. The SMILES string of the molecule is NNC(Cc1ccccc1Cl)C1CC1c1ccccc1. The lowest BCUT2D eigenvalue weighted by atomic mass is 9.99. The van der Waals surface area contributed by atoms with Crippen molar-refractivity contribution in [1.29, 1.82) is 0 Å². The molecule has 3 unspecified atom stereocenters. The number of halogens is 1. The Morgan fingerprint density at radius 3 is 2.50 bits per heavy atom. The van der Waals surface area contributed by atoms with Gasteiger partial charge in [-0.3, -0.25) is 11.3 Å². The molecular formula is C17H19ClN2. The summed E-state index contributed by atoms with van der Waals surface area (Å²) in [4.78, 5) is 0. The minimum Gasteiger partial charge on any atom is -0.271 e. The lowest BCUT2D eigenvalue weighted by molar-refractivity contribution is 0.464. The van der Waals surface area contributed by atoms with Crippen molar-refractivity contribution >= 4 is 11.6 Å². The molecule has 0 heterocycles. The summed E-state index contributed by atoms with van der Waals surface area (Å²) in [6.07, 6.45) is 2.08. The molecule has 3 atom stereocenters. The van der Waals surface area contributed by atoms with Crippen molar-refractivity contribution in [3.8, 4) is 0 Å². The van der Waals surface area contributed by atoms with Crippen LogP contribution in [0.3, 0.4) is 0 Å². The predicted molar refractivity (Wildman–Crippen MR) is 83.6 cm³/mol. The Morgan fingerprint density at radius 2 is 1.80 bits per heavy atom. The summed E-state index contributed by atoms with van der Waals surface area (Å²) in [5, 5.41) is 0.824. The molecular weight excluding hydrogens is 268 g/mol. The summed E-state index contributed by atoms with van der Waals surface area (Å²) in [6.45, 7) is 0. The van der Waals surface area contributed by atoms with Crippen LogP contribution in [0.1, 0.15) is 23.5 Å². The smallest absolute Gasteiger partial charge is 0.0438 e. The van der Waals surface area contributed by atoms with Gasteiger partial charge in [-0.25, -0.2) is 0 Å². The third-order valence-electron chi connectivity index (χ3n) is 4.20. The number of nitrogens with one attached hydrogen (secondary N) is 1. The third-order valence-corrected chi connectivity index (χ3v) is 4.56. The molecule has 1 aliphatic carbocycles. The lowest BCUT2D eigenvalue weighted by Gasteiger charge is -2.17. The maximum Gasteiger partial charge on any atom is 0.0438 e. The zero-order valence-corrected chi connectivity index (χ0v) is 12.1. The molecule has 20 heavy (non-hydrogen) atoms. The molecule has 1 fully saturated rings. The van der Waals surface area contributed by atoms with Crippen LogP contribution in [-0.2, 0) is 6.42 Å². The van der Waals surface area contributed by atoms with Crippen LogP contribution in [0.15, 0.2) is 54.6 Å². The van der Waals surface area contributed by atoms with Gasteiger partial charge in [0.05, 0.1) is 0 Å². The number of benzene rings is 2. The van der Waals surface area contributed by atoms with Crippen LogP contribution in [0.2, 0.25) is 5.02 Å². The minimum atomic E-state index is 0.278. The summed E-state index contributed by atoms with van der Waals surface area (Å²) in [5.74, 6) is 6.98. The van der Waals surface area contributed by atoms with Crippen LogP contribution in [0, 0.1) is 5.92 Å². The molecule has 0 bridgehead atoms. The Labute approximate surface area is 124 Å². The van der Waals surface area contributed by atoms with E-state index in [1.807, 2.05) is 18.2 Å². The van der Waals surface area contributed by atoms with Gasteiger partial charge in [-0.05, 0) is 41.9 Å². The van der Waals surface area contributed by atoms with Gasteiger partial charge in [0.15, 0.2) is 0 Å². The topological polar surface area (TPSA) is 38.0 Å². The van der Waals surface area contributed by atoms with E-state index in [2.05, 4.69) is 41.8 Å². The second-order valence-corrected chi connectivity index (χ2v) is 5.89. The molecule has 2 nitrogen and oxygen atoms in total. The van der Waals surface area contributed by atoms with E-state index in [0.717, 1.165) is 17.0 Å². The first-order valence-electron chi connectivity index (χ1n) is 7.04. The summed E-state index contributed by atoms with van der Waals surface area (Å²) in [5.41, 5.74) is 5.56. The summed E-state index contributed by atoms with van der Waals surface area (Å²) in [7, 11) is 0. The molecule has 104 valence electrons. The maximum absolute atomic E-state index is 6.24. The molecule has 3 heteroatoms. The van der Waals surface area contributed by atoms with Gasteiger partial charge in [-0.1, -0.05) is 60.1 Å². The Kier molecular flexibility index (Phi) is 4.06. The zero-order valence-electron chi connectivity index (χ0n) is 11.3. The van der Waals surface area contributed by atoms with Crippen LogP contribution in [0.4, 0.5) is 0 Å². The highest BCUT2D eigenvalue weighted by molar-refractivity contribution is 6.31. The number of hydrogen-bond donors (Lipinski definition) is 2. The second kappa shape index (κ2) is 5.96. The van der Waals surface area contributed by atoms with Crippen molar-refractivity contribution in [2.24, 2.45) is 11.8 Å². The monoisotopic (exact) mass is 286 g/mol. The minimum absolute atomic E-state index is 0.278. The fourth-order valence-electron chi connectivity index (χ4n) is 2.98. The highest BCUT2D eigenvalue weighted by Crippen LogP contribution is 2.50. The molecule has 0 saturated heterocycles. The van der Waals surface area contributed by atoms with E-state index in [-0.39, 0.29) is 6.04 Å². The van der Waals surface area contributed by atoms with Gasteiger partial charge in [-0.15, -0.1) is 0 Å². The van der Waals surface area contributed by atoms with E-state index in [1.165, 1.54) is 12.0 Å². The molecule has 1 aliphatic rings. The van der Waals surface area contributed by atoms with Crippen LogP contribution < -0.4 is 11.3 Å². The van der Waals surface area contributed by atoms with Crippen molar-refractivity contribution < 1.29 is 0 Å². The highest BCUT2D eigenvalue weighted by Gasteiger charge is 2.43. The molecule has 0 spiro atoms. The van der Waals surface area contributed by atoms with Gasteiger partial charge in [0.2, 0.25) is 0 Å². The molecule has 0 aromatic heterocycles. The van der Waals surface area contributed by atoms with Crippen LogP contribution >= 0.6 is 11.6 Å². The van der Waals surface area contributed by atoms with E-state index in [1.54, 1.807) is 0 Å². The van der Waals surface area contributed by atoms with Crippen molar-refractivity contribution in [2.75, 3.05) is 0 Å². The summed E-state index contributed by atoms with van der Waals surface area (Å²) in [6, 6.07) is 18.9. The Balaban J connectivity index is 1.69.